The Morgan fingerprint density at radius 3 is 2.41 bits per heavy atom. The lowest BCUT2D eigenvalue weighted by Crippen LogP contribution is -2.40. The van der Waals surface area contributed by atoms with Gasteiger partial charge in [-0.15, -0.1) is 0 Å². The van der Waals surface area contributed by atoms with E-state index in [1.165, 1.54) is 0 Å². The van der Waals surface area contributed by atoms with Crippen molar-refractivity contribution in [3.05, 3.63) is 92.1 Å². The molecule has 2 aromatic carbocycles. The molecule has 0 spiro atoms. The first-order valence-electron chi connectivity index (χ1n) is 14.5. The summed E-state index contributed by atoms with van der Waals surface area (Å²) in [7, 11) is 0. The van der Waals surface area contributed by atoms with Crippen LogP contribution in [0.3, 0.4) is 0 Å². The van der Waals surface area contributed by atoms with Crippen molar-refractivity contribution in [1.82, 2.24) is 24.6 Å². The van der Waals surface area contributed by atoms with Crippen molar-refractivity contribution in [1.29, 1.82) is 0 Å². The van der Waals surface area contributed by atoms with Crippen LogP contribution in [0.5, 0.6) is 0 Å². The zero-order chi connectivity index (χ0) is 28.9. The minimum absolute atomic E-state index is 0.00299. The van der Waals surface area contributed by atoms with Gasteiger partial charge in [-0.2, -0.15) is 0 Å². The molecule has 214 valence electrons. The summed E-state index contributed by atoms with van der Waals surface area (Å²) in [5.74, 6) is 1.15. The highest BCUT2D eigenvalue weighted by atomic mass is 16.5. The van der Waals surface area contributed by atoms with Crippen LogP contribution >= 0.6 is 0 Å². The normalized spacial score (nSPS) is 14.0. The van der Waals surface area contributed by atoms with Gasteiger partial charge in [-0.05, 0) is 48.8 Å². The molecule has 1 saturated heterocycles. The second kappa shape index (κ2) is 12.5. The maximum atomic E-state index is 13.8. The van der Waals surface area contributed by atoms with Gasteiger partial charge >= 0.3 is 5.76 Å². The maximum absolute atomic E-state index is 13.8. The van der Waals surface area contributed by atoms with Crippen LogP contribution in [0, 0.1) is 12.8 Å². The van der Waals surface area contributed by atoms with E-state index in [2.05, 4.69) is 24.0 Å². The van der Waals surface area contributed by atoms with E-state index in [4.69, 9.17) is 9.51 Å². The number of aryl methyl sites for hydroxylation is 2. The van der Waals surface area contributed by atoms with Gasteiger partial charge in [0.1, 0.15) is 5.82 Å². The van der Waals surface area contributed by atoms with Crippen molar-refractivity contribution >= 4 is 5.91 Å². The summed E-state index contributed by atoms with van der Waals surface area (Å²) in [6.07, 6.45) is 4.70. The minimum atomic E-state index is -0.604. The first kappa shape index (κ1) is 28.3. The molecular formula is C32H37N5O4. The second-order valence-corrected chi connectivity index (χ2v) is 11.0. The van der Waals surface area contributed by atoms with E-state index in [1.807, 2.05) is 60.4 Å². The number of hydrogen-bond acceptors (Lipinski definition) is 6. The summed E-state index contributed by atoms with van der Waals surface area (Å²) in [5, 5.41) is 3.84. The van der Waals surface area contributed by atoms with E-state index in [1.54, 1.807) is 4.57 Å². The van der Waals surface area contributed by atoms with Gasteiger partial charge in [0.05, 0.1) is 13.0 Å². The van der Waals surface area contributed by atoms with Gasteiger partial charge in [-0.25, -0.2) is 9.78 Å². The van der Waals surface area contributed by atoms with Crippen molar-refractivity contribution in [3.63, 3.8) is 0 Å². The Balaban J connectivity index is 1.43. The van der Waals surface area contributed by atoms with Gasteiger partial charge in [0.25, 0.3) is 5.56 Å². The standard InChI is InChI=1S/C32H37N5O4/c1-4-5-10-28-33-22(3)27(19-29(38)36-17-15-21(2)16-18-36)31(39)37(28)20-23-11-13-24(14-12-23)25-8-6-7-9-26(25)30-34-32(40)41-35-30/h6-9,11-14,21H,4-5,10,15-20H2,1-3H3,(H,34,35,40). The number of carbonyl (C=O) groups is 1. The molecular weight excluding hydrogens is 518 g/mol. The van der Waals surface area contributed by atoms with Gasteiger partial charge in [-0.1, -0.05) is 74.0 Å². The fourth-order valence-corrected chi connectivity index (χ4v) is 5.43. The molecule has 1 amide bonds. The Kier molecular flexibility index (Phi) is 8.61. The SMILES string of the molecule is CCCCc1nc(C)c(CC(=O)N2CCC(C)CC2)c(=O)n1Cc1ccc(-c2ccccc2-c2noc(=O)[nH]2)cc1. The van der Waals surface area contributed by atoms with Crippen molar-refractivity contribution in [2.24, 2.45) is 5.92 Å². The molecule has 4 aromatic rings. The van der Waals surface area contributed by atoms with Gasteiger partial charge in [0.15, 0.2) is 5.82 Å². The summed E-state index contributed by atoms with van der Waals surface area (Å²) in [5.41, 5.74) is 4.55. The molecule has 0 bridgehead atoms. The van der Waals surface area contributed by atoms with E-state index in [0.29, 0.717) is 36.0 Å². The Bertz CT molecular complexity index is 1630. The Morgan fingerprint density at radius 1 is 1.05 bits per heavy atom. The lowest BCUT2D eigenvalue weighted by Gasteiger charge is -2.30. The Morgan fingerprint density at radius 2 is 1.76 bits per heavy atom. The molecule has 0 unspecified atom stereocenters. The lowest BCUT2D eigenvalue weighted by atomic mass is 9.98. The van der Waals surface area contributed by atoms with Crippen LogP contribution in [0.25, 0.3) is 22.5 Å². The molecule has 0 aliphatic carbocycles. The average molecular weight is 556 g/mol. The lowest BCUT2D eigenvalue weighted by molar-refractivity contribution is -0.131. The van der Waals surface area contributed by atoms with E-state index < -0.39 is 5.76 Å². The number of unbranched alkanes of at least 4 members (excludes halogenated alkanes) is 1. The smallest absolute Gasteiger partial charge is 0.342 e. The van der Waals surface area contributed by atoms with Crippen LogP contribution in [-0.2, 0) is 24.2 Å². The molecule has 1 aliphatic heterocycles. The van der Waals surface area contributed by atoms with Gasteiger partial charge in [0.2, 0.25) is 5.91 Å². The number of nitrogens with one attached hydrogen (secondary N) is 1. The number of nitrogens with zero attached hydrogens (tertiary/aromatic N) is 4. The highest BCUT2D eigenvalue weighted by Crippen LogP contribution is 2.30. The highest BCUT2D eigenvalue weighted by molar-refractivity contribution is 5.80. The summed E-state index contributed by atoms with van der Waals surface area (Å²) >= 11 is 0. The van der Waals surface area contributed by atoms with Crippen LogP contribution in [0.2, 0.25) is 0 Å². The van der Waals surface area contributed by atoms with Crippen molar-refractivity contribution in [2.75, 3.05) is 13.1 Å². The number of carbonyl (C=O) groups excluding carboxylic acids is 1. The number of piperidine rings is 1. The third kappa shape index (κ3) is 6.39. The molecule has 0 atom stereocenters. The zero-order valence-corrected chi connectivity index (χ0v) is 24.0. The first-order chi connectivity index (χ1) is 19.8. The fourth-order valence-electron chi connectivity index (χ4n) is 5.43. The fraction of sp³-hybridized carbons (Fsp3) is 0.406. The van der Waals surface area contributed by atoms with E-state index >= 15 is 0 Å². The van der Waals surface area contributed by atoms with Crippen molar-refractivity contribution < 1.29 is 9.32 Å². The van der Waals surface area contributed by atoms with Crippen molar-refractivity contribution in [3.8, 4) is 22.5 Å². The predicted octanol–water partition coefficient (Wildman–Crippen LogP) is 4.75. The molecule has 41 heavy (non-hydrogen) atoms. The quantitative estimate of drug-likeness (QED) is 0.319. The molecule has 1 fully saturated rings. The average Bonchev–Trinajstić information content (AvgIpc) is 3.42. The number of rotatable bonds is 9. The van der Waals surface area contributed by atoms with Crippen LogP contribution in [0.1, 0.15) is 62.2 Å². The largest absolute Gasteiger partial charge is 0.439 e. The molecule has 1 N–H and O–H groups in total. The number of benzene rings is 2. The molecule has 5 rings (SSSR count). The van der Waals surface area contributed by atoms with Crippen LogP contribution in [-0.4, -0.2) is 43.6 Å². The summed E-state index contributed by atoms with van der Waals surface area (Å²) in [6.45, 7) is 8.04. The topological polar surface area (TPSA) is 114 Å². The molecule has 0 saturated carbocycles. The van der Waals surface area contributed by atoms with Gasteiger partial charge in [0, 0.05) is 36.3 Å². The molecule has 9 nitrogen and oxygen atoms in total. The summed E-state index contributed by atoms with van der Waals surface area (Å²) < 4.78 is 6.45. The minimum Gasteiger partial charge on any atom is -0.342 e. The summed E-state index contributed by atoms with van der Waals surface area (Å²) in [6, 6.07) is 15.6. The number of aromatic nitrogens is 4. The second-order valence-electron chi connectivity index (χ2n) is 11.0. The third-order valence-corrected chi connectivity index (χ3v) is 7.99. The number of H-pyrrole nitrogens is 1. The van der Waals surface area contributed by atoms with Crippen LogP contribution in [0.15, 0.2) is 62.6 Å². The van der Waals surface area contributed by atoms with E-state index in [9.17, 15) is 14.4 Å². The predicted molar refractivity (Wildman–Crippen MR) is 158 cm³/mol. The molecule has 0 radical (unpaired) electrons. The number of hydrogen-bond donors (Lipinski definition) is 1. The van der Waals surface area contributed by atoms with Gasteiger partial charge < -0.3 is 4.90 Å². The summed E-state index contributed by atoms with van der Waals surface area (Å²) in [4.78, 5) is 47.8. The molecule has 1 aliphatic rings. The van der Waals surface area contributed by atoms with Crippen LogP contribution < -0.4 is 11.3 Å². The third-order valence-electron chi connectivity index (χ3n) is 7.99. The number of amides is 1. The number of likely N-dealkylation sites (tertiary alicyclic amines) is 1. The zero-order valence-electron chi connectivity index (χ0n) is 24.0. The maximum Gasteiger partial charge on any atom is 0.439 e. The van der Waals surface area contributed by atoms with E-state index in [-0.39, 0.29) is 17.9 Å². The Hall–Kier alpha value is -4.27. The first-order valence-corrected chi connectivity index (χ1v) is 14.5. The van der Waals surface area contributed by atoms with Gasteiger partial charge in [-0.3, -0.25) is 23.7 Å². The van der Waals surface area contributed by atoms with Crippen molar-refractivity contribution in [2.45, 2.75) is 65.8 Å². The molecule has 3 heterocycles. The monoisotopic (exact) mass is 555 g/mol. The number of aromatic amines is 1. The Labute approximate surface area is 239 Å². The van der Waals surface area contributed by atoms with Crippen LogP contribution in [0.4, 0.5) is 0 Å². The molecule has 9 heteroatoms. The van der Waals surface area contributed by atoms with E-state index in [0.717, 1.165) is 66.9 Å². The highest BCUT2D eigenvalue weighted by Gasteiger charge is 2.23. The molecule has 2 aromatic heterocycles.